The Labute approximate surface area is 145 Å². The molecule has 0 radical (unpaired) electrons. The highest BCUT2D eigenvalue weighted by molar-refractivity contribution is 7.84. The molecule has 3 aromatic rings. The molecule has 1 aromatic heterocycles. The van der Waals surface area contributed by atoms with Crippen molar-refractivity contribution in [3.8, 4) is 5.69 Å². The van der Waals surface area contributed by atoms with E-state index in [2.05, 4.69) is 20.8 Å². The highest BCUT2D eigenvalue weighted by atomic mass is 32.2. The zero-order chi connectivity index (χ0) is 17.6. The number of rotatable bonds is 6. The topological polar surface area (TPSA) is 89.8 Å². The van der Waals surface area contributed by atoms with Gasteiger partial charge in [0.2, 0.25) is 5.91 Å². The number of hydrogen-bond acceptors (Lipinski definition) is 5. The predicted molar refractivity (Wildman–Crippen MR) is 90.9 cm³/mol. The third kappa shape index (κ3) is 4.54. The van der Waals surface area contributed by atoms with E-state index in [0.29, 0.717) is 11.5 Å². The van der Waals surface area contributed by atoms with Crippen LogP contribution in [-0.4, -0.2) is 36.1 Å². The quantitative estimate of drug-likeness (QED) is 0.723. The summed E-state index contributed by atoms with van der Waals surface area (Å²) < 4.78 is 26.8. The van der Waals surface area contributed by atoms with Gasteiger partial charge in [0.1, 0.15) is 11.6 Å². The summed E-state index contributed by atoms with van der Waals surface area (Å²) in [6.07, 6.45) is 0. The minimum atomic E-state index is -1.51. The molecular weight excluding hydrogens is 345 g/mol. The molecule has 1 atom stereocenters. The summed E-state index contributed by atoms with van der Waals surface area (Å²) in [5.41, 5.74) is 1.06. The number of halogens is 1. The van der Waals surface area contributed by atoms with Crippen LogP contribution in [0, 0.1) is 5.82 Å². The summed E-state index contributed by atoms with van der Waals surface area (Å²) in [6, 6.07) is 14.7. The van der Waals surface area contributed by atoms with Gasteiger partial charge in [-0.2, -0.15) is 4.68 Å². The average Bonchev–Trinajstić information content (AvgIpc) is 3.03. The van der Waals surface area contributed by atoms with Crippen molar-refractivity contribution in [3.63, 3.8) is 0 Å². The molecule has 1 unspecified atom stereocenters. The van der Waals surface area contributed by atoms with Crippen molar-refractivity contribution in [1.29, 1.82) is 0 Å². The van der Waals surface area contributed by atoms with Crippen LogP contribution in [0.15, 0.2) is 54.6 Å². The van der Waals surface area contributed by atoms with Gasteiger partial charge >= 0.3 is 0 Å². The fourth-order valence-corrected chi connectivity index (χ4v) is 3.10. The number of aromatic nitrogens is 4. The van der Waals surface area contributed by atoms with Crippen molar-refractivity contribution in [1.82, 2.24) is 20.2 Å². The van der Waals surface area contributed by atoms with Crippen LogP contribution in [0.4, 0.5) is 10.1 Å². The van der Waals surface area contributed by atoms with Crippen molar-refractivity contribution in [3.05, 3.63) is 66.2 Å². The van der Waals surface area contributed by atoms with Crippen LogP contribution in [-0.2, 0) is 21.3 Å². The van der Waals surface area contributed by atoms with E-state index in [-0.39, 0.29) is 11.5 Å². The Hall–Kier alpha value is -2.94. The van der Waals surface area contributed by atoms with Gasteiger partial charge in [-0.25, -0.2) is 4.39 Å². The Kier molecular flexibility index (Phi) is 5.24. The second-order valence-corrected chi connectivity index (χ2v) is 6.59. The Bertz CT molecular complexity index is 900. The molecule has 2 aromatic carbocycles. The number of tetrazole rings is 1. The lowest BCUT2D eigenvalue weighted by atomic mass is 10.3. The van der Waals surface area contributed by atoms with Gasteiger partial charge in [-0.15, -0.1) is 5.10 Å². The number of amides is 1. The Balaban J connectivity index is 1.62. The van der Waals surface area contributed by atoms with E-state index in [1.807, 2.05) is 30.3 Å². The molecule has 3 rings (SSSR count). The van der Waals surface area contributed by atoms with E-state index in [9.17, 15) is 13.4 Å². The second-order valence-electron chi connectivity index (χ2n) is 5.13. The van der Waals surface area contributed by atoms with Crippen LogP contribution >= 0.6 is 0 Å². The number of benzene rings is 2. The smallest absolute Gasteiger partial charge is 0.237 e. The average molecular weight is 359 g/mol. The molecule has 7 nitrogen and oxygen atoms in total. The van der Waals surface area contributed by atoms with Crippen molar-refractivity contribution >= 4 is 22.4 Å². The van der Waals surface area contributed by atoms with Gasteiger partial charge in [0, 0.05) is 16.5 Å². The molecule has 0 bridgehead atoms. The normalized spacial score (nSPS) is 11.9. The fraction of sp³-hybridized carbons (Fsp3) is 0.125. The number of anilines is 1. The van der Waals surface area contributed by atoms with Gasteiger partial charge in [-0.3, -0.25) is 9.00 Å². The standard InChI is InChI=1S/C16H14FN5O2S/c17-12-5-4-6-13(9-12)18-16(23)11-25(24)10-15-19-20-21-22(15)14-7-2-1-3-8-14/h1-9H,10-11H2,(H,18,23). The Morgan fingerprint density at radius 2 is 1.96 bits per heavy atom. The molecule has 1 heterocycles. The van der Waals surface area contributed by atoms with E-state index in [1.165, 1.54) is 22.9 Å². The monoisotopic (exact) mass is 359 g/mol. The summed E-state index contributed by atoms with van der Waals surface area (Å²) in [7, 11) is -1.51. The summed E-state index contributed by atoms with van der Waals surface area (Å²) in [4.78, 5) is 11.9. The Morgan fingerprint density at radius 3 is 2.72 bits per heavy atom. The van der Waals surface area contributed by atoms with Gasteiger partial charge in [-0.05, 0) is 40.8 Å². The molecule has 0 aliphatic heterocycles. The highest BCUT2D eigenvalue weighted by Crippen LogP contribution is 2.11. The maximum absolute atomic E-state index is 13.1. The zero-order valence-electron chi connectivity index (χ0n) is 13.0. The van der Waals surface area contributed by atoms with Gasteiger partial charge in [0.05, 0.1) is 11.4 Å². The van der Waals surface area contributed by atoms with Gasteiger partial charge < -0.3 is 5.32 Å². The fourth-order valence-electron chi connectivity index (χ4n) is 2.17. The SMILES string of the molecule is O=C(CS(=O)Cc1nnnn1-c1ccccc1)Nc1cccc(F)c1. The van der Waals surface area contributed by atoms with Crippen LogP contribution < -0.4 is 5.32 Å². The molecule has 0 aliphatic rings. The minimum Gasteiger partial charge on any atom is -0.325 e. The predicted octanol–water partition coefficient (Wildman–Crippen LogP) is 1.69. The molecule has 1 amide bonds. The molecule has 0 saturated carbocycles. The molecule has 0 spiro atoms. The summed E-state index contributed by atoms with van der Waals surface area (Å²) in [5.74, 6) is -0.747. The number of nitrogens with one attached hydrogen (secondary N) is 1. The van der Waals surface area contributed by atoms with Crippen LogP contribution in [0.2, 0.25) is 0 Å². The van der Waals surface area contributed by atoms with Gasteiger partial charge in [0.25, 0.3) is 0 Å². The van der Waals surface area contributed by atoms with Crippen LogP contribution in [0.1, 0.15) is 5.82 Å². The first-order valence-corrected chi connectivity index (χ1v) is 8.84. The number of carbonyl (C=O) groups is 1. The molecule has 128 valence electrons. The van der Waals surface area contributed by atoms with Crippen LogP contribution in [0.5, 0.6) is 0 Å². The van der Waals surface area contributed by atoms with Crippen molar-refractivity contribution < 1.29 is 13.4 Å². The zero-order valence-corrected chi connectivity index (χ0v) is 13.8. The lowest BCUT2D eigenvalue weighted by Gasteiger charge is -2.06. The first kappa shape index (κ1) is 16.9. The first-order valence-electron chi connectivity index (χ1n) is 7.35. The molecule has 0 aliphatic carbocycles. The summed E-state index contributed by atoms with van der Waals surface area (Å²) >= 11 is 0. The van der Waals surface area contributed by atoms with Gasteiger partial charge in [0.15, 0.2) is 5.82 Å². The summed E-state index contributed by atoms with van der Waals surface area (Å²) in [5, 5.41) is 13.8. The van der Waals surface area contributed by atoms with E-state index >= 15 is 0 Å². The highest BCUT2D eigenvalue weighted by Gasteiger charge is 2.15. The van der Waals surface area contributed by atoms with Gasteiger partial charge in [-0.1, -0.05) is 24.3 Å². The molecule has 0 fully saturated rings. The maximum Gasteiger partial charge on any atom is 0.237 e. The van der Waals surface area contributed by atoms with E-state index < -0.39 is 22.5 Å². The molecule has 0 saturated heterocycles. The second kappa shape index (κ2) is 7.75. The van der Waals surface area contributed by atoms with E-state index in [1.54, 1.807) is 6.07 Å². The van der Waals surface area contributed by atoms with Crippen molar-refractivity contribution in [2.24, 2.45) is 0 Å². The lowest BCUT2D eigenvalue weighted by Crippen LogP contribution is -2.21. The lowest BCUT2D eigenvalue weighted by molar-refractivity contribution is -0.113. The number of hydrogen-bond donors (Lipinski definition) is 1. The Morgan fingerprint density at radius 1 is 1.16 bits per heavy atom. The maximum atomic E-state index is 13.1. The van der Waals surface area contributed by atoms with E-state index in [0.717, 1.165) is 5.69 Å². The van der Waals surface area contributed by atoms with E-state index in [4.69, 9.17) is 0 Å². The molecular formula is C16H14FN5O2S. The van der Waals surface area contributed by atoms with Crippen LogP contribution in [0.25, 0.3) is 5.69 Å². The number of para-hydroxylation sites is 1. The summed E-state index contributed by atoms with van der Waals surface area (Å²) in [6.45, 7) is 0. The van der Waals surface area contributed by atoms with Crippen molar-refractivity contribution in [2.75, 3.05) is 11.1 Å². The number of carbonyl (C=O) groups excluding carboxylic acids is 1. The number of nitrogens with zero attached hydrogens (tertiary/aromatic N) is 4. The minimum absolute atomic E-state index is 0.0263. The largest absolute Gasteiger partial charge is 0.325 e. The molecule has 1 N–H and O–H groups in total. The van der Waals surface area contributed by atoms with Crippen LogP contribution in [0.3, 0.4) is 0 Å². The first-order chi connectivity index (χ1) is 12.1. The van der Waals surface area contributed by atoms with Crippen molar-refractivity contribution in [2.45, 2.75) is 5.75 Å². The third-order valence-corrected chi connectivity index (χ3v) is 4.39. The molecule has 25 heavy (non-hydrogen) atoms. The third-order valence-electron chi connectivity index (χ3n) is 3.23. The molecule has 9 heteroatoms.